The Bertz CT molecular complexity index is 906. The molecule has 98 valence electrons. The maximum absolute atomic E-state index is 5.33. The highest BCUT2D eigenvalue weighted by molar-refractivity contribution is 5.83. The van der Waals surface area contributed by atoms with Gasteiger partial charge in [-0.15, -0.1) is 0 Å². The molecule has 5 heteroatoms. The number of rotatable bonds is 2. The molecule has 1 aromatic carbocycles. The van der Waals surface area contributed by atoms with Crippen molar-refractivity contribution in [1.29, 1.82) is 0 Å². The summed E-state index contributed by atoms with van der Waals surface area (Å²) in [6, 6.07) is 9.88. The van der Waals surface area contributed by atoms with Crippen LogP contribution < -0.4 is 5.32 Å². The lowest BCUT2D eigenvalue weighted by molar-refractivity contribution is 0.616. The molecule has 0 atom stereocenters. The molecule has 0 bridgehead atoms. The summed E-state index contributed by atoms with van der Waals surface area (Å²) in [6.07, 6.45) is 5.25. The van der Waals surface area contributed by atoms with Crippen molar-refractivity contribution >= 4 is 33.5 Å². The molecule has 4 aromatic rings. The fraction of sp³-hybridized carbons (Fsp3) is 0.0667. The van der Waals surface area contributed by atoms with E-state index in [1.165, 1.54) is 0 Å². The Morgan fingerprint density at radius 1 is 1.15 bits per heavy atom. The number of aryl methyl sites for hydroxylation is 1. The van der Waals surface area contributed by atoms with Gasteiger partial charge in [-0.2, -0.15) is 0 Å². The van der Waals surface area contributed by atoms with Crippen LogP contribution in [0.4, 0.5) is 11.5 Å². The van der Waals surface area contributed by atoms with E-state index in [4.69, 9.17) is 4.42 Å². The van der Waals surface area contributed by atoms with Gasteiger partial charge in [0.2, 0.25) is 0 Å². The molecule has 20 heavy (non-hydrogen) atoms. The summed E-state index contributed by atoms with van der Waals surface area (Å²) in [6.45, 7) is 0. The number of hydrogen-bond acceptors (Lipinski definition) is 4. The maximum atomic E-state index is 5.33. The third-order valence-electron chi connectivity index (χ3n) is 3.34. The largest absolute Gasteiger partial charge is 0.464 e. The van der Waals surface area contributed by atoms with Gasteiger partial charge in [-0.3, -0.25) is 0 Å². The molecule has 0 saturated carbocycles. The van der Waals surface area contributed by atoms with Gasteiger partial charge in [0.1, 0.15) is 16.9 Å². The number of furan rings is 1. The third-order valence-corrected chi connectivity index (χ3v) is 3.34. The van der Waals surface area contributed by atoms with E-state index in [2.05, 4.69) is 15.3 Å². The Labute approximate surface area is 114 Å². The number of imidazole rings is 1. The quantitative estimate of drug-likeness (QED) is 0.602. The molecule has 0 amide bonds. The lowest BCUT2D eigenvalue weighted by Gasteiger charge is -2.06. The molecule has 0 aliphatic heterocycles. The van der Waals surface area contributed by atoms with Gasteiger partial charge in [0.05, 0.1) is 24.3 Å². The zero-order chi connectivity index (χ0) is 13.5. The second-order valence-corrected chi connectivity index (χ2v) is 4.71. The Hall–Kier alpha value is -2.82. The molecule has 0 spiro atoms. The molecule has 0 radical (unpaired) electrons. The fourth-order valence-electron chi connectivity index (χ4n) is 2.29. The SMILES string of the molecule is Cn1cnc2cnc(Nc3ccc4occc4c3)cc21. The average Bonchev–Trinajstić information content (AvgIpc) is 3.06. The molecule has 5 nitrogen and oxygen atoms in total. The van der Waals surface area contributed by atoms with Gasteiger partial charge in [-0.1, -0.05) is 0 Å². The predicted octanol–water partition coefficient (Wildman–Crippen LogP) is 3.46. The first kappa shape index (κ1) is 11.0. The van der Waals surface area contributed by atoms with Crippen LogP contribution in [0.15, 0.2) is 53.5 Å². The normalized spacial score (nSPS) is 11.2. The van der Waals surface area contributed by atoms with E-state index in [0.717, 1.165) is 33.5 Å². The summed E-state index contributed by atoms with van der Waals surface area (Å²) >= 11 is 0. The number of fused-ring (bicyclic) bond motifs is 2. The zero-order valence-corrected chi connectivity index (χ0v) is 10.9. The summed E-state index contributed by atoms with van der Waals surface area (Å²) in [5.74, 6) is 0.795. The fourth-order valence-corrected chi connectivity index (χ4v) is 2.29. The number of benzene rings is 1. The molecule has 0 unspecified atom stereocenters. The van der Waals surface area contributed by atoms with Gasteiger partial charge in [0.25, 0.3) is 0 Å². The van der Waals surface area contributed by atoms with Gasteiger partial charge in [-0.25, -0.2) is 9.97 Å². The molecular weight excluding hydrogens is 252 g/mol. The summed E-state index contributed by atoms with van der Waals surface area (Å²) in [5, 5.41) is 4.37. The van der Waals surface area contributed by atoms with E-state index in [1.807, 2.05) is 41.9 Å². The van der Waals surface area contributed by atoms with Gasteiger partial charge < -0.3 is 14.3 Å². The Morgan fingerprint density at radius 3 is 3.05 bits per heavy atom. The number of hydrogen-bond donors (Lipinski definition) is 1. The van der Waals surface area contributed by atoms with Crippen molar-refractivity contribution in [2.45, 2.75) is 0 Å². The van der Waals surface area contributed by atoms with Crippen LogP contribution in [0.2, 0.25) is 0 Å². The predicted molar refractivity (Wildman–Crippen MR) is 78.0 cm³/mol. The summed E-state index contributed by atoms with van der Waals surface area (Å²) in [5.41, 5.74) is 3.80. The number of aromatic nitrogens is 3. The van der Waals surface area contributed by atoms with E-state index in [9.17, 15) is 0 Å². The van der Waals surface area contributed by atoms with Crippen molar-refractivity contribution in [2.75, 3.05) is 5.32 Å². The summed E-state index contributed by atoms with van der Waals surface area (Å²) < 4.78 is 7.30. The second kappa shape index (κ2) is 4.09. The molecule has 0 aliphatic carbocycles. The first-order valence-electron chi connectivity index (χ1n) is 6.31. The highest BCUT2D eigenvalue weighted by atomic mass is 16.3. The van der Waals surface area contributed by atoms with Crippen molar-refractivity contribution in [3.63, 3.8) is 0 Å². The molecule has 3 heterocycles. The van der Waals surface area contributed by atoms with Gasteiger partial charge in [0.15, 0.2) is 0 Å². The molecule has 0 aliphatic rings. The van der Waals surface area contributed by atoms with Crippen LogP contribution in [0.3, 0.4) is 0 Å². The van der Waals surface area contributed by atoms with Crippen LogP contribution in [0.25, 0.3) is 22.0 Å². The molecule has 3 aromatic heterocycles. The Morgan fingerprint density at radius 2 is 2.10 bits per heavy atom. The van der Waals surface area contributed by atoms with Crippen molar-refractivity contribution in [1.82, 2.24) is 14.5 Å². The van der Waals surface area contributed by atoms with Crippen molar-refractivity contribution in [3.8, 4) is 0 Å². The minimum absolute atomic E-state index is 0.795. The maximum Gasteiger partial charge on any atom is 0.133 e. The summed E-state index contributed by atoms with van der Waals surface area (Å²) in [4.78, 5) is 8.63. The van der Waals surface area contributed by atoms with Crippen LogP contribution in [0, 0.1) is 0 Å². The molecule has 4 rings (SSSR count). The van der Waals surface area contributed by atoms with Crippen LogP contribution in [-0.2, 0) is 7.05 Å². The van der Waals surface area contributed by atoms with Gasteiger partial charge >= 0.3 is 0 Å². The summed E-state index contributed by atoms with van der Waals surface area (Å²) in [7, 11) is 1.97. The first-order chi connectivity index (χ1) is 9.79. The van der Waals surface area contributed by atoms with Crippen molar-refractivity contribution in [3.05, 3.63) is 49.1 Å². The minimum Gasteiger partial charge on any atom is -0.464 e. The number of nitrogens with one attached hydrogen (secondary N) is 1. The van der Waals surface area contributed by atoms with Crippen molar-refractivity contribution < 1.29 is 4.42 Å². The number of anilines is 2. The van der Waals surface area contributed by atoms with E-state index in [-0.39, 0.29) is 0 Å². The van der Waals surface area contributed by atoms with Crippen LogP contribution >= 0.6 is 0 Å². The van der Waals surface area contributed by atoms with Gasteiger partial charge in [-0.05, 0) is 24.3 Å². The third kappa shape index (κ3) is 1.72. The van der Waals surface area contributed by atoms with Crippen LogP contribution in [0.1, 0.15) is 0 Å². The molecule has 0 fully saturated rings. The molecular formula is C15H12N4O. The molecule has 0 saturated heterocycles. The second-order valence-electron chi connectivity index (χ2n) is 4.71. The lowest BCUT2D eigenvalue weighted by atomic mass is 10.2. The standard InChI is InChI=1S/C15H12N4O/c1-19-9-17-12-8-16-15(7-13(12)19)18-11-2-3-14-10(6-11)4-5-20-14/h2-9H,1H3,(H,16,18). The highest BCUT2D eigenvalue weighted by Crippen LogP contribution is 2.23. The van der Waals surface area contributed by atoms with Crippen LogP contribution in [0.5, 0.6) is 0 Å². The average molecular weight is 264 g/mol. The Balaban J connectivity index is 1.73. The lowest BCUT2D eigenvalue weighted by Crippen LogP contribution is -1.94. The van der Waals surface area contributed by atoms with Crippen molar-refractivity contribution in [2.24, 2.45) is 7.05 Å². The van der Waals surface area contributed by atoms with E-state index in [0.29, 0.717) is 0 Å². The highest BCUT2D eigenvalue weighted by Gasteiger charge is 2.04. The molecule has 1 N–H and O–H groups in total. The first-order valence-corrected chi connectivity index (χ1v) is 6.31. The zero-order valence-electron chi connectivity index (χ0n) is 10.9. The van der Waals surface area contributed by atoms with E-state index in [1.54, 1.807) is 18.8 Å². The Kier molecular flexibility index (Phi) is 2.26. The number of nitrogens with zero attached hydrogens (tertiary/aromatic N) is 3. The van der Waals surface area contributed by atoms with Crippen LogP contribution in [-0.4, -0.2) is 14.5 Å². The minimum atomic E-state index is 0.795. The van der Waals surface area contributed by atoms with E-state index < -0.39 is 0 Å². The van der Waals surface area contributed by atoms with Gasteiger partial charge in [0, 0.05) is 24.2 Å². The number of pyridine rings is 1. The smallest absolute Gasteiger partial charge is 0.133 e. The van der Waals surface area contributed by atoms with E-state index >= 15 is 0 Å². The topological polar surface area (TPSA) is 55.9 Å². The monoisotopic (exact) mass is 264 g/mol.